The van der Waals surface area contributed by atoms with Crippen molar-refractivity contribution in [2.75, 3.05) is 6.54 Å². The SMILES string of the molecule is Cc1c(Cl)cccc1C(=O)NCC1CCCC1O. The topological polar surface area (TPSA) is 49.3 Å². The van der Waals surface area contributed by atoms with E-state index in [2.05, 4.69) is 5.32 Å². The van der Waals surface area contributed by atoms with E-state index in [9.17, 15) is 9.90 Å². The third-order valence-electron chi connectivity index (χ3n) is 3.66. The second kappa shape index (κ2) is 5.72. The number of carbonyl (C=O) groups is 1. The lowest BCUT2D eigenvalue weighted by Gasteiger charge is -2.15. The average Bonchev–Trinajstić information content (AvgIpc) is 2.75. The van der Waals surface area contributed by atoms with E-state index >= 15 is 0 Å². The van der Waals surface area contributed by atoms with Gasteiger partial charge in [-0.3, -0.25) is 4.79 Å². The fourth-order valence-electron chi connectivity index (χ4n) is 2.43. The van der Waals surface area contributed by atoms with Gasteiger partial charge in [0.05, 0.1) is 6.10 Å². The first-order valence-electron chi connectivity index (χ1n) is 6.31. The van der Waals surface area contributed by atoms with Gasteiger partial charge in [-0.2, -0.15) is 0 Å². The van der Waals surface area contributed by atoms with Crippen molar-refractivity contribution in [1.29, 1.82) is 0 Å². The summed E-state index contributed by atoms with van der Waals surface area (Å²) in [5, 5.41) is 13.2. The molecule has 3 nitrogen and oxygen atoms in total. The number of amides is 1. The first kappa shape index (κ1) is 13.4. The minimum absolute atomic E-state index is 0.117. The van der Waals surface area contributed by atoms with Crippen LogP contribution in [0.2, 0.25) is 5.02 Å². The van der Waals surface area contributed by atoms with Crippen LogP contribution in [0.3, 0.4) is 0 Å². The molecule has 1 aliphatic carbocycles. The third-order valence-corrected chi connectivity index (χ3v) is 4.07. The number of carbonyl (C=O) groups excluding carboxylic acids is 1. The molecule has 2 rings (SSSR count). The Hall–Kier alpha value is -1.06. The lowest BCUT2D eigenvalue weighted by molar-refractivity contribution is 0.0916. The minimum Gasteiger partial charge on any atom is -0.393 e. The molecule has 2 unspecified atom stereocenters. The lowest BCUT2D eigenvalue weighted by Crippen LogP contribution is -2.32. The van der Waals surface area contributed by atoms with E-state index in [1.54, 1.807) is 18.2 Å². The van der Waals surface area contributed by atoms with Crippen LogP contribution in [-0.2, 0) is 0 Å². The number of rotatable bonds is 3. The molecule has 1 aliphatic rings. The van der Waals surface area contributed by atoms with Gasteiger partial charge in [0.25, 0.3) is 5.91 Å². The summed E-state index contributed by atoms with van der Waals surface area (Å²) in [6.45, 7) is 2.37. The van der Waals surface area contributed by atoms with E-state index < -0.39 is 0 Å². The van der Waals surface area contributed by atoms with Crippen LogP contribution in [-0.4, -0.2) is 23.7 Å². The zero-order valence-electron chi connectivity index (χ0n) is 10.4. The van der Waals surface area contributed by atoms with Gasteiger partial charge in [0.1, 0.15) is 0 Å². The fourth-order valence-corrected chi connectivity index (χ4v) is 2.60. The van der Waals surface area contributed by atoms with Crippen LogP contribution in [0.5, 0.6) is 0 Å². The molecule has 0 spiro atoms. The summed E-state index contributed by atoms with van der Waals surface area (Å²) in [4.78, 5) is 12.0. The largest absolute Gasteiger partial charge is 0.393 e. The lowest BCUT2D eigenvalue weighted by atomic mass is 10.1. The van der Waals surface area contributed by atoms with Crippen molar-refractivity contribution in [1.82, 2.24) is 5.32 Å². The Morgan fingerprint density at radius 3 is 2.94 bits per heavy atom. The van der Waals surface area contributed by atoms with E-state index in [1.807, 2.05) is 6.92 Å². The predicted molar refractivity (Wildman–Crippen MR) is 71.9 cm³/mol. The van der Waals surface area contributed by atoms with Crippen molar-refractivity contribution < 1.29 is 9.90 Å². The van der Waals surface area contributed by atoms with Crippen LogP contribution in [0.25, 0.3) is 0 Å². The van der Waals surface area contributed by atoms with Gasteiger partial charge in [0, 0.05) is 23.0 Å². The van der Waals surface area contributed by atoms with Crippen molar-refractivity contribution in [3.8, 4) is 0 Å². The molecule has 1 saturated carbocycles. The van der Waals surface area contributed by atoms with Crippen molar-refractivity contribution in [3.63, 3.8) is 0 Å². The van der Waals surface area contributed by atoms with Crippen molar-refractivity contribution in [3.05, 3.63) is 34.3 Å². The predicted octanol–water partition coefficient (Wildman–Crippen LogP) is 2.54. The first-order chi connectivity index (χ1) is 8.59. The van der Waals surface area contributed by atoms with Gasteiger partial charge < -0.3 is 10.4 Å². The molecular formula is C14H18ClNO2. The monoisotopic (exact) mass is 267 g/mol. The van der Waals surface area contributed by atoms with Crippen molar-refractivity contribution in [2.24, 2.45) is 5.92 Å². The van der Waals surface area contributed by atoms with E-state index in [4.69, 9.17) is 11.6 Å². The molecule has 2 atom stereocenters. The molecule has 4 heteroatoms. The number of benzene rings is 1. The standard InChI is InChI=1S/C14H18ClNO2/c1-9-11(5-3-6-12(9)15)14(18)16-8-10-4-2-7-13(10)17/h3,5-6,10,13,17H,2,4,7-8H2,1H3,(H,16,18). The maximum atomic E-state index is 12.0. The number of nitrogens with one attached hydrogen (secondary N) is 1. The normalized spacial score (nSPS) is 23.1. The molecular weight excluding hydrogens is 250 g/mol. The highest BCUT2D eigenvalue weighted by atomic mass is 35.5. The zero-order chi connectivity index (χ0) is 13.1. The Kier molecular flexibility index (Phi) is 4.25. The molecule has 1 aromatic rings. The van der Waals surface area contributed by atoms with Gasteiger partial charge in [-0.1, -0.05) is 24.1 Å². The van der Waals surface area contributed by atoms with Gasteiger partial charge >= 0.3 is 0 Å². The average molecular weight is 268 g/mol. The smallest absolute Gasteiger partial charge is 0.251 e. The molecule has 0 aliphatic heterocycles. The van der Waals surface area contributed by atoms with Crippen LogP contribution in [0.1, 0.15) is 35.2 Å². The molecule has 0 radical (unpaired) electrons. The summed E-state index contributed by atoms with van der Waals surface area (Å²) < 4.78 is 0. The van der Waals surface area contributed by atoms with Crippen LogP contribution in [0.4, 0.5) is 0 Å². The highest BCUT2D eigenvalue weighted by Crippen LogP contribution is 2.25. The minimum atomic E-state index is -0.272. The van der Waals surface area contributed by atoms with E-state index in [-0.39, 0.29) is 17.9 Å². The van der Waals surface area contributed by atoms with E-state index in [1.165, 1.54) is 0 Å². The van der Waals surface area contributed by atoms with Crippen molar-refractivity contribution in [2.45, 2.75) is 32.3 Å². The van der Waals surface area contributed by atoms with Gasteiger partial charge in [-0.05, 0) is 37.5 Å². The number of hydrogen-bond donors (Lipinski definition) is 2. The van der Waals surface area contributed by atoms with Crippen LogP contribution in [0, 0.1) is 12.8 Å². The Morgan fingerprint density at radius 1 is 1.50 bits per heavy atom. The number of halogens is 1. The van der Waals surface area contributed by atoms with Gasteiger partial charge in [0.2, 0.25) is 0 Å². The van der Waals surface area contributed by atoms with Crippen LogP contribution in [0.15, 0.2) is 18.2 Å². The molecule has 0 heterocycles. The molecule has 0 aromatic heterocycles. The Balaban J connectivity index is 1.97. The second-order valence-electron chi connectivity index (χ2n) is 4.88. The summed E-state index contributed by atoms with van der Waals surface area (Å²) in [6, 6.07) is 5.31. The highest BCUT2D eigenvalue weighted by molar-refractivity contribution is 6.31. The second-order valence-corrected chi connectivity index (χ2v) is 5.29. The summed E-state index contributed by atoms with van der Waals surface area (Å²) in [5.74, 6) is 0.0718. The maximum absolute atomic E-state index is 12.0. The quantitative estimate of drug-likeness (QED) is 0.884. The fraction of sp³-hybridized carbons (Fsp3) is 0.500. The molecule has 2 N–H and O–H groups in total. The summed E-state index contributed by atoms with van der Waals surface area (Å²) >= 11 is 5.99. The Labute approximate surface area is 112 Å². The summed E-state index contributed by atoms with van der Waals surface area (Å²) in [6.07, 6.45) is 2.59. The highest BCUT2D eigenvalue weighted by Gasteiger charge is 2.25. The Bertz CT molecular complexity index is 447. The molecule has 1 amide bonds. The van der Waals surface area contributed by atoms with Crippen LogP contribution >= 0.6 is 11.6 Å². The maximum Gasteiger partial charge on any atom is 0.251 e. The Morgan fingerprint density at radius 2 is 2.28 bits per heavy atom. The molecule has 1 aromatic carbocycles. The molecule has 98 valence electrons. The number of aliphatic hydroxyl groups is 1. The molecule has 0 bridgehead atoms. The van der Waals surface area contributed by atoms with E-state index in [0.717, 1.165) is 24.8 Å². The molecule has 18 heavy (non-hydrogen) atoms. The van der Waals surface area contributed by atoms with Gasteiger partial charge in [-0.25, -0.2) is 0 Å². The molecule has 1 fully saturated rings. The van der Waals surface area contributed by atoms with Gasteiger partial charge in [0.15, 0.2) is 0 Å². The third kappa shape index (κ3) is 2.85. The van der Waals surface area contributed by atoms with Crippen LogP contribution < -0.4 is 5.32 Å². The summed E-state index contributed by atoms with van der Waals surface area (Å²) in [5.41, 5.74) is 1.40. The first-order valence-corrected chi connectivity index (χ1v) is 6.68. The number of aliphatic hydroxyl groups excluding tert-OH is 1. The van der Waals surface area contributed by atoms with Crippen molar-refractivity contribution >= 4 is 17.5 Å². The molecule has 0 saturated heterocycles. The zero-order valence-corrected chi connectivity index (χ0v) is 11.2. The van der Waals surface area contributed by atoms with E-state index in [0.29, 0.717) is 17.1 Å². The van der Waals surface area contributed by atoms with Gasteiger partial charge in [-0.15, -0.1) is 0 Å². The summed E-state index contributed by atoms with van der Waals surface area (Å²) in [7, 11) is 0. The number of hydrogen-bond acceptors (Lipinski definition) is 2.